The summed E-state index contributed by atoms with van der Waals surface area (Å²) >= 11 is 1.40. The molecule has 2 rings (SSSR count). The van der Waals surface area contributed by atoms with Crippen molar-refractivity contribution in [2.24, 2.45) is 16.8 Å². The van der Waals surface area contributed by atoms with Gasteiger partial charge < -0.3 is 25.9 Å². The Balaban J connectivity index is 1.92. The summed E-state index contributed by atoms with van der Waals surface area (Å²) in [7, 11) is 0. The normalized spacial score (nSPS) is 17.3. The van der Waals surface area contributed by atoms with E-state index in [2.05, 4.69) is 10.5 Å². The Morgan fingerprint density at radius 2 is 2.04 bits per heavy atom. The number of piperidine rings is 1. The van der Waals surface area contributed by atoms with Gasteiger partial charge in [0.05, 0.1) is 10.9 Å². The van der Waals surface area contributed by atoms with Crippen LogP contribution in [0.2, 0.25) is 0 Å². The number of nitrogens with one attached hydrogen (secondary N) is 1. The number of nitrogens with zero attached hydrogens (tertiary/aromatic N) is 2. The van der Waals surface area contributed by atoms with Crippen LogP contribution in [0.3, 0.4) is 0 Å². The average molecular weight is 411 g/mol. The van der Waals surface area contributed by atoms with E-state index in [-0.39, 0.29) is 23.8 Å². The van der Waals surface area contributed by atoms with E-state index >= 15 is 0 Å². The van der Waals surface area contributed by atoms with Crippen LogP contribution in [-0.2, 0) is 4.74 Å². The number of carbonyl (C=O) groups is 2. The molecule has 1 aliphatic heterocycles. The van der Waals surface area contributed by atoms with E-state index in [1.54, 1.807) is 11.0 Å². The monoisotopic (exact) mass is 410 g/mol. The molecule has 1 aromatic heterocycles. The van der Waals surface area contributed by atoms with Crippen molar-refractivity contribution in [3.8, 4) is 0 Å². The van der Waals surface area contributed by atoms with Gasteiger partial charge in [-0.25, -0.2) is 4.79 Å². The van der Waals surface area contributed by atoms with Crippen LogP contribution in [0, 0.1) is 12.8 Å². The van der Waals surface area contributed by atoms with Gasteiger partial charge in [-0.1, -0.05) is 5.16 Å². The maximum atomic E-state index is 12.4. The van der Waals surface area contributed by atoms with E-state index in [4.69, 9.17) is 15.7 Å². The molecule has 1 saturated heterocycles. The largest absolute Gasteiger partial charge is 0.444 e. The first kappa shape index (κ1) is 22.0. The van der Waals surface area contributed by atoms with Crippen molar-refractivity contribution < 1.29 is 19.5 Å². The van der Waals surface area contributed by atoms with Crippen molar-refractivity contribution in [3.05, 3.63) is 21.9 Å². The van der Waals surface area contributed by atoms with Crippen LogP contribution in [-0.4, -0.2) is 52.7 Å². The van der Waals surface area contributed by atoms with Gasteiger partial charge >= 0.3 is 6.09 Å². The second-order valence-corrected chi connectivity index (χ2v) is 9.40. The van der Waals surface area contributed by atoms with Gasteiger partial charge in [0.2, 0.25) is 0 Å². The summed E-state index contributed by atoms with van der Waals surface area (Å²) in [6.07, 6.45) is 1.78. The highest BCUT2D eigenvalue weighted by molar-refractivity contribution is 7.13. The summed E-state index contributed by atoms with van der Waals surface area (Å²) in [5, 5.41) is 15.0. The average Bonchev–Trinajstić information content (AvgIpc) is 3.06. The van der Waals surface area contributed by atoms with E-state index in [1.807, 2.05) is 33.8 Å². The Labute approximate surface area is 169 Å². The first-order chi connectivity index (χ1) is 13.1. The van der Waals surface area contributed by atoms with E-state index in [0.717, 1.165) is 17.7 Å². The number of hydrogen-bond acceptors (Lipinski definition) is 6. The van der Waals surface area contributed by atoms with Crippen LogP contribution in [0.15, 0.2) is 17.3 Å². The third-order valence-electron chi connectivity index (χ3n) is 4.58. The molecule has 0 radical (unpaired) electrons. The van der Waals surface area contributed by atoms with Gasteiger partial charge in [-0.05, 0) is 65.0 Å². The zero-order valence-electron chi connectivity index (χ0n) is 16.9. The molecule has 8 nitrogen and oxygen atoms in total. The molecule has 0 aliphatic carbocycles. The van der Waals surface area contributed by atoms with Crippen LogP contribution in [0.25, 0.3) is 0 Å². The number of rotatable bonds is 5. The zero-order chi connectivity index (χ0) is 20.9. The molecule has 1 aromatic rings. The van der Waals surface area contributed by atoms with E-state index in [1.165, 1.54) is 11.3 Å². The Morgan fingerprint density at radius 1 is 1.39 bits per heavy atom. The quantitative estimate of drug-likeness (QED) is 0.299. The molecule has 156 valence electrons. The molecule has 0 bridgehead atoms. The number of amidine groups is 1. The summed E-state index contributed by atoms with van der Waals surface area (Å²) in [4.78, 5) is 28.0. The van der Waals surface area contributed by atoms with Crippen LogP contribution >= 0.6 is 11.3 Å². The van der Waals surface area contributed by atoms with Gasteiger partial charge in [-0.3, -0.25) is 4.79 Å². The summed E-state index contributed by atoms with van der Waals surface area (Å²) in [6.45, 7) is 8.63. The maximum absolute atomic E-state index is 12.4. The second kappa shape index (κ2) is 9.27. The molecule has 1 aliphatic rings. The molecular weight excluding hydrogens is 380 g/mol. The van der Waals surface area contributed by atoms with E-state index < -0.39 is 11.6 Å². The standard InChI is InChI=1S/C19H30N4O4S/c1-12-5-6-15(28-12)17(24)21-14(16(20)22-26)11-13-7-9-23(10-8-13)18(25)27-19(2,3)4/h5-6,13-14,26H,7-11H2,1-4H3,(H2,20,22)(H,21,24). The third kappa shape index (κ3) is 6.40. The predicted molar refractivity (Wildman–Crippen MR) is 109 cm³/mol. The van der Waals surface area contributed by atoms with Crippen molar-refractivity contribution in [1.82, 2.24) is 10.2 Å². The van der Waals surface area contributed by atoms with Gasteiger partial charge in [0.15, 0.2) is 5.84 Å². The van der Waals surface area contributed by atoms with Gasteiger partial charge in [0, 0.05) is 18.0 Å². The summed E-state index contributed by atoms with van der Waals surface area (Å²) < 4.78 is 5.41. The Bertz CT molecular complexity index is 718. The van der Waals surface area contributed by atoms with Crippen molar-refractivity contribution in [2.45, 2.75) is 58.6 Å². The Hall–Kier alpha value is -2.29. The van der Waals surface area contributed by atoms with Crippen LogP contribution < -0.4 is 11.1 Å². The number of carbonyl (C=O) groups excluding carboxylic acids is 2. The number of oxime groups is 1. The first-order valence-corrected chi connectivity index (χ1v) is 10.2. The fourth-order valence-corrected chi connectivity index (χ4v) is 3.89. The van der Waals surface area contributed by atoms with Crippen molar-refractivity contribution in [1.29, 1.82) is 0 Å². The number of thiophene rings is 1. The molecular formula is C19H30N4O4S. The number of ether oxygens (including phenoxy) is 1. The Kier molecular flexibility index (Phi) is 7.29. The lowest BCUT2D eigenvalue weighted by Crippen LogP contribution is -2.47. The minimum Gasteiger partial charge on any atom is -0.444 e. The molecule has 0 aromatic carbocycles. The fraction of sp³-hybridized carbons (Fsp3) is 0.632. The zero-order valence-corrected chi connectivity index (χ0v) is 17.7. The lowest BCUT2D eigenvalue weighted by Gasteiger charge is -2.34. The van der Waals surface area contributed by atoms with Gasteiger partial charge in [0.25, 0.3) is 5.91 Å². The number of aryl methyl sites for hydroxylation is 1. The van der Waals surface area contributed by atoms with Crippen molar-refractivity contribution >= 4 is 29.2 Å². The number of hydrogen-bond donors (Lipinski definition) is 3. The smallest absolute Gasteiger partial charge is 0.410 e. The van der Waals surface area contributed by atoms with Crippen LogP contribution in [0.4, 0.5) is 4.79 Å². The minimum absolute atomic E-state index is 0.0174. The predicted octanol–water partition coefficient (Wildman–Crippen LogP) is 2.94. The van der Waals surface area contributed by atoms with Gasteiger partial charge in [0.1, 0.15) is 5.60 Å². The van der Waals surface area contributed by atoms with Gasteiger partial charge in [-0.15, -0.1) is 11.3 Å². The molecule has 1 fully saturated rings. The molecule has 9 heteroatoms. The summed E-state index contributed by atoms with van der Waals surface area (Å²) in [5.41, 5.74) is 5.30. The van der Waals surface area contributed by atoms with Crippen LogP contribution in [0.5, 0.6) is 0 Å². The van der Waals surface area contributed by atoms with Crippen molar-refractivity contribution in [3.63, 3.8) is 0 Å². The molecule has 2 heterocycles. The lowest BCUT2D eigenvalue weighted by molar-refractivity contribution is 0.0180. The van der Waals surface area contributed by atoms with E-state index in [0.29, 0.717) is 24.4 Å². The number of likely N-dealkylation sites (tertiary alicyclic amines) is 1. The Morgan fingerprint density at radius 3 is 2.54 bits per heavy atom. The topological polar surface area (TPSA) is 117 Å². The third-order valence-corrected chi connectivity index (χ3v) is 5.58. The number of nitrogens with two attached hydrogens (primary N) is 1. The number of amides is 2. The van der Waals surface area contributed by atoms with Crippen LogP contribution in [0.1, 0.15) is 54.6 Å². The first-order valence-electron chi connectivity index (χ1n) is 9.41. The van der Waals surface area contributed by atoms with Crippen molar-refractivity contribution in [2.75, 3.05) is 13.1 Å². The highest BCUT2D eigenvalue weighted by atomic mass is 32.1. The molecule has 1 atom stereocenters. The highest BCUT2D eigenvalue weighted by Crippen LogP contribution is 2.24. The molecule has 2 amide bonds. The highest BCUT2D eigenvalue weighted by Gasteiger charge is 2.29. The summed E-state index contributed by atoms with van der Waals surface area (Å²) in [5.74, 6) is -0.00792. The maximum Gasteiger partial charge on any atom is 0.410 e. The van der Waals surface area contributed by atoms with E-state index in [9.17, 15) is 9.59 Å². The molecule has 1 unspecified atom stereocenters. The second-order valence-electron chi connectivity index (χ2n) is 8.11. The molecule has 0 saturated carbocycles. The lowest BCUT2D eigenvalue weighted by atomic mass is 9.90. The molecule has 4 N–H and O–H groups in total. The fourth-order valence-electron chi connectivity index (χ4n) is 3.12. The SMILES string of the molecule is Cc1ccc(C(=O)NC(CC2CCN(C(=O)OC(C)(C)C)CC2)/C(N)=N/O)s1. The van der Waals surface area contributed by atoms with Gasteiger partial charge in [-0.2, -0.15) is 0 Å². The summed E-state index contributed by atoms with van der Waals surface area (Å²) in [6, 6.07) is 3.08. The molecule has 28 heavy (non-hydrogen) atoms. The molecule has 0 spiro atoms. The minimum atomic E-state index is -0.557.